The van der Waals surface area contributed by atoms with E-state index in [1.165, 1.54) is 0 Å². The van der Waals surface area contributed by atoms with Gasteiger partial charge in [-0.1, -0.05) is 0 Å². The molecule has 1 aliphatic rings. The molecule has 2 rings (SSSR count). The number of nitrogens with zero attached hydrogens (tertiary/aromatic N) is 2. The van der Waals surface area contributed by atoms with E-state index in [1.807, 2.05) is 0 Å². The number of nitrogens with two attached hydrogens (primary N) is 1. The summed E-state index contributed by atoms with van der Waals surface area (Å²) >= 11 is 0. The summed E-state index contributed by atoms with van der Waals surface area (Å²) in [6, 6.07) is 0. The molecule has 7 heteroatoms. The molecule has 3 N–H and O–H groups in total. The molecule has 0 amide bonds. The van der Waals surface area contributed by atoms with E-state index >= 15 is 0 Å². The zero-order valence-electron chi connectivity index (χ0n) is 9.39. The second-order valence-electron chi connectivity index (χ2n) is 4.38. The average molecular weight is 243 g/mol. The quantitative estimate of drug-likeness (QED) is 0.764. The predicted molar refractivity (Wildman–Crippen MR) is 57.7 cm³/mol. The number of halogens is 1. The van der Waals surface area contributed by atoms with Crippen LogP contribution in [0.1, 0.15) is 26.0 Å². The minimum atomic E-state index is -0.759. The molecular formula is C10H14FN3O3. The Bertz CT molecular complexity index is 490. The number of aliphatic hydroxyl groups excluding tert-OH is 1. The normalized spacial score (nSPS) is 28.5. The molecular weight excluding hydrogens is 229 g/mol. The summed E-state index contributed by atoms with van der Waals surface area (Å²) in [5, 5.41) is 9.14. The lowest BCUT2D eigenvalue weighted by Crippen LogP contribution is -2.32. The van der Waals surface area contributed by atoms with Crippen LogP contribution < -0.4 is 11.4 Å². The van der Waals surface area contributed by atoms with Gasteiger partial charge in [0, 0.05) is 0 Å². The van der Waals surface area contributed by atoms with Crippen molar-refractivity contribution in [1.82, 2.24) is 9.55 Å². The molecule has 1 aromatic heterocycles. The molecule has 1 aliphatic heterocycles. The van der Waals surface area contributed by atoms with Crippen LogP contribution in [0.2, 0.25) is 0 Å². The molecule has 94 valence electrons. The van der Waals surface area contributed by atoms with Gasteiger partial charge in [-0.25, -0.2) is 9.18 Å². The SMILES string of the molecule is C[C@@]1(CO)CC[C@H](n2cc(F)c(N)nc2=O)O1. The number of nitrogen functional groups attached to an aromatic ring is 1. The van der Waals surface area contributed by atoms with Crippen molar-refractivity contribution in [1.29, 1.82) is 0 Å². The van der Waals surface area contributed by atoms with Gasteiger partial charge < -0.3 is 15.6 Å². The molecule has 17 heavy (non-hydrogen) atoms. The van der Waals surface area contributed by atoms with E-state index in [2.05, 4.69) is 4.98 Å². The van der Waals surface area contributed by atoms with Crippen LogP contribution in [-0.2, 0) is 4.74 Å². The molecule has 0 aliphatic carbocycles. The molecule has 0 unspecified atom stereocenters. The maximum atomic E-state index is 13.2. The maximum Gasteiger partial charge on any atom is 0.351 e. The highest BCUT2D eigenvalue weighted by Gasteiger charge is 2.37. The Morgan fingerprint density at radius 1 is 1.82 bits per heavy atom. The number of anilines is 1. The second kappa shape index (κ2) is 4.08. The lowest BCUT2D eigenvalue weighted by molar-refractivity contribution is -0.0883. The first-order valence-electron chi connectivity index (χ1n) is 5.28. The van der Waals surface area contributed by atoms with Crippen molar-refractivity contribution in [2.75, 3.05) is 12.3 Å². The summed E-state index contributed by atoms with van der Waals surface area (Å²) in [6.07, 6.45) is 1.48. The number of aliphatic hydroxyl groups is 1. The van der Waals surface area contributed by atoms with Crippen molar-refractivity contribution in [2.24, 2.45) is 0 Å². The monoisotopic (exact) mass is 243 g/mol. The maximum absolute atomic E-state index is 13.2. The van der Waals surface area contributed by atoms with Gasteiger partial charge in [-0.05, 0) is 19.8 Å². The summed E-state index contributed by atoms with van der Waals surface area (Å²) in [4.78, 5) is 14.9. The van der Waals surface area contributed by atoms with E-state index in [-0.39, 0.29) is 6.61 Å². The fourth-order valence-electron chi connectivity index (χ4n) is 1.85. The topological polar surface area (TPSA) is 90.4 Å². The van der Waals surface area contributed by atoms with Crippen molar-refractivity contribution in [3.8, 4) is 0 Å². The van der Waals surface area contributed by atoms with E-state index in [0.717, 1.165) is 10.8 Å². The van der Waals surface area contributed by atoms with Crippen molar-refractivity contribution in [2.45, 2.75) is 31.6 Å². The van der Waals surface area contributed by atoms with Gasteiger partial charge in [0.25, 0.3) is 0 Å². The lowest BCUT2D eigenvalue weighted by Gasteiger charge is -2.22. The van der Waals surface area contributed by atoms with Gasteiger partial charge in [0.05, 0.1) is 18.4 Å². The van der Waals surface area contributed by atoms with E-state index in [9.17, 15) is 9.18 Å². The highest BCUT2D eigenvalue weighted by Crippen LogP contribution is 2.35. The van der Waals surface area contributed by atoms with Gasteiger partial charge in [0.15, 0.2) is 11.6 Å². The van der Waals surface area contributed by atoms with E-state index < -0.39 is 29.2 Å². The highest BCUT2D eigenvalue weighted by atomic mass is 19.1. The Hall–Kier alpha value is -1.47. The van der Waals surface area contributed by atoms with Crippen molar-refractivity contribution < 1.29 is 14.2 Å². The zero-order valence-corrected chi connectivity index (χ0v) is 9.39. The standard InChI is InChI=1S/C10H14FN3O3/c1-10(5-15)3-2-7(17-10)14-4-6(11)8(12)13-9(14)16/h4,7,15H,2-3,5H2,1H3,(H2,12,13,16)/t7-,10+/m1/s1. The molecule has 1 fully saturated rings. The van der Waals surface area contributed by atoms with Crippen molar-refractivity contribution >= 4 is 5.82 Å². The fourth-order valence-corrected chi connectivity index (χ4v) is 1.85. The predicted octanol–water partition coefficient (Wildman–Crippen LogP) is 0.0246. The first-order valence-corrected chi connectivity index (χ1v) is 5.28. The summed E-state index contributed by atoms with van der Waals surface area (Å²) in [5.41, 5.74) is 3.84. The van der Waals surface area contributed by atoms with Crippen LogP contribution in [-0.4, -0.2) is 26.9 Å². The molecule has 6 nitrogen and oxygen atoms in total. The molecule has 0 spiro atoms. The van der Waals surface area contributed by atoms with Crippen LogP contribution in [0.5, 0.6) is 0 Å². The van der Waals surface area contributed by atoms with Gasteiger partial charge in [0.2, 0.25) is 0 Å². The fraction of sp³-hybridized carbons (Fsp3) is 0.600. The van der Waals surface area contributed by atoms with Crippen LogP contribution in [0.4, 0.5) is 10.2 Å². The lowest BCUT2D eigenvalue weighted by atomic mass is 10.0. The van der Waals surface area contributed by atoms with Crippen LogP contribution in [0.3, 0.4) is 0 Å². The molecule has 1 saturated heterocycles. The summed E-state index contributed by atoms with van der Waals surface area (Å²) in [5.74, 6) is -1.18. The van der Waals surface area contributed by atoms with Gasteiger partial charge in [-0.3, -0.25) is 4.57 Å². The molecule has 0 saturated carbocycles. The molecule has 2 heterocycles. The third kappa shape index (κ3) is 2.16. The Labute approximate surface area is 96.8 Å². The molecule has 0 aromatic carbocycles. The van der Waals surface area contributed by atoms with E-state index in [4.69, 9.17) is 15.6 Å². The number of hydrogen-bond donors (Lipinski definition) is 2. The van der Waals surface area contributed by atoms with Crippen LogP contribution >= 0.6 is 0 Å². The van der Waals surface area contributed by atoms with Gasteiger partial charge in [-0.15, -0.1) is 0 Å². The minimum absolute atomic E-state index is 0.150. The van der Waals surface area contributed by atoms with Gasteiger partial charge in [-0.2, -0.15) is 4.98 Å². The van der Waals surface area contributed by atoms with Crippen molar-refractivity contribution in [3.63, 3.8) is 0 Å². The first kappa shape index (κ1) is 12.0. The minimum Gasteiger partial charge on any atom is -0.393 e. The molecule has 1 aromatic rings. The number of hydrogen-bond acceptors (Lipinski definition) is 5. The zero-order chi connectivity index (χ0) is 12.6. The van der Waals surface area contributed by atoms with Gasteiger partial charge in [0.1, 0.15) is 6.23 Å². The second-order valence-corrected chi connectivity index (χ2v) is 4.38. The third-order valence-corrected chi connectivity index (χ3v) is 2.92. The van der Waals surface area contributed by atoms with Crippen LogP contribution in [0.15, 0.2) is 11.0 Å². The molecule has 2 atom stereocenters. The van der Waals surface area contributed by atoms with Gasteiger partial charge >= 0.3 is 5.69 Å². The van der Waals surface area contributed by atoms with Crippen LogP contribution in [0, 0.1) is 5.82 Å². The van der Waals surface area contributed by atoms with Crippen molar-refractivity contribution in [3.05, 3.63) is 22.5 Å². The Kier molecular flexibility index (Phi) is 2.88. The third-order valence-electron chi connectivity index (χ3n) is 2.92. The Morgan fingerprint density at radius 3 is 3.12 bits per heavy atom. The van der Waals surface area contributed by atoms with Crippen LogP contribution in [0.25, 0.3) is 0 Å². The first-order chi connectivity index (χ1) is 7.95. The Balaban J connectivity index is 2.31. The summed E-state index contributed by atoms with van der Waals surface area (Å²) in [7, 11) is 0. The number of ether oxygens (including phenoxy) is 1. The summed E-state index contributed by atoms with van der Waals surface area (Å²) < 4.78 is 19.8. The smallest absolute Gasteiger partial charge is 0.351 e. The van der Waals surface area contributed by atoms with E-state index in [1.54, 1.807) is 6.92 Å². The Morgan fingerprint density at radius 2 is 2.53 bits per heavy atom. The molecule has 0 radical (unpaired) electrons. The van der Waals surface area contributed by atoms with E-state index in [0.29, 0.717) is 12.8 Å². The average Bonchev–Trinajstić information content (AvgIpc) is 2.67. The number of rotatable bonds is 2. The largest absolute Gasteiger partial charge is 0.393 e. The molecule has 0 bridgehead atoms. The number of aromatic nitrogens is 2. The summed E-state index contributed by atoms with van der Waals surface area (Å²) in [6.45, 7) is 1.59. The highest BCUT2D eigenvalue weighted by molar-refractivity contribution is 5.26.